The molecule has 28 heavy (non-hydrogen) atoms. The average molecular weight is 390 g/mol. The van der Waals surface area contributed by atoms with Crippen molar-refractivity contribution in [1.29, 1.82) is 0 Å². The number of piperidine rings is 1. The molecular formula is C19H26N4O5. The molecule has 3 rings (SSSR count). The minimum absolute atomic E-state index is 0.260. The van der Waals surface area contributed by atoms with E-state index in [0.29, 0.717) is 38.5 Å². The van der Waals surface area contributed by atoms with Crippen LogP contribution in [0.3, 0.4) is 0 Å². The number of pyridine rings is 1. The van der Waals surface area contributed by atoms with Crippen molar-refractivity contribution >= 4 is 23.6 Å². The number of nitrogens with zero attached hydrogens (tertiary/aromatic N) is 3. The third-order valence-corrected chi connectivity index (χ3v) is 4.47. The fraction of sp³-hybridized carbons (Fsp3) is 0.579. The molecule has 9 nitrogen and oxygen atoms in total. The lowest BCUT2D eigenvalue weighted by molar-refractivity contribution is -0.139. The predicted octanol–water partition coefficient (Wildman–Crippen LogP) is 1.32. The smallest absolute Gasteiger partial charge is 0.410 e. The normalized spacial score (nSPS) is 20.6. The predicted molar refractivity (Wildman–Crippen MR) is 101 cm³/mol. The van der Waals surface area contributed by atoms with Crippen LogP contribution >= 0.6 is 0 Å². The molecular weight excluding hydrogens is 364 g/mol. The van der Waals surface area contributed by atoms with Crippen LogP contribution < -0.4 is 15.0 Å². The van der Waals surface area contributed by atoms with Gasteiger partial charge in [-0.25, -0.2) is 9.78 Å². The number of carbonyl (C=O) groups excluding carboxylic acids is 3. The van der Waals surface area contributed by atoms with Gasteiger partial charge in [0.25, 0.3) is 5.91 Å². The quantitative estimate of drug-likeness (QED) is 0.777. The molecule has 1 aromatic heterocycles. The molecule has 0 saturated carbocycles. The van der Waals surface area contributed by atoms with Gasteiger partial charge in [-0.05, 0) is 26.8 Å². The number of piperazine rings is 1. The van der Waals surface area contributed by atoms with Gasteiger partial charge in [0.05, 0.1) is 11.9 Å². The first-order valence-electron chi connectivity index (χ1n) is 9.40. The maximum atomic E-state index is 12.1. The Morgan fingerprint density at radius 3 is 2.46 bits per heavy atom. The molecule has 1 unspecified atom stereocenters. The number of anilines is 1. The lowest BCUT2D eigenvalue weighted by Gasteiger charge is -2.36. The Hall–Kier alpha value is -2.84. The molecule has 1 aromatic rings. The van der Waals surface area contributed by atoms with Crippen LogP contribution in [-0.4, -0.2) is 65.7 Å². The highest BCUT2D eigenvalue weighted by Gasteiger charge is 2.29. The summed E-state index contributed by atoms with van der Waals surface area (Å²) in [6.07, 6.45) is 1.30. The van der Waals surface area contributed by atoms with Crippen molar-refractivity contribution in [3.8, 4) is 5.88 Å². The van der Waals surface area contributed by atoms with Gasteiger partial charge in [0.15, 0.2) is 6.10 Å². The molecule has 0 spiro atoms. The van der Waals surface area contributed by atoms with Gasteiger partial charge in [-0.2, -0.15) is 0 Å². The summed E-state index contributed by atoms with van der Waals surface area (Å²) in [7, 11) is 0. The maximum absolute atomic E-state index is 12.1. The highest BCUT2D eigenvalue weighted by Crippen LogP contribution is 2.21. The highest BCUT2D eigenvalue weighted by molar-refractivity contribution is 5.99. The second-order valence-electron chi connectivity index (χ2n) is 7.87. The average Bonchev–Trinajstić information content (AvgIpc) is 2.63. The van der Waals surface area contributed by atoms with Gasteiger partial charge in [-0.1, -0.05) is 0 Å². The van der Waals surface area contributed by atoms with Crippen LogP contribution in [0.5, 0.6) is 5.88 Å². The van der Waals surface area contributed by atoms with E-state index < -0.39 is 17.6 Å². The van der Waals surface area contributed by atoms with E-state index in [-0.39, 0.29) is 18.4 Å². The number of rotatable bonds is 3. The van der Waals surface area contributed by atoms with Crippen molar-refractivity contribution in [2.24, 2.45) is 0 Å². The van der Waals surface area contributed by atoms with E-state index in [9.17, 15) is 14.4 Å². The number of hydrogen-bond donors (Lipinski definition) is 1. The Kier molecular flexibility index (Phi) is 5.71. The molecule has 152 valence electrons. The van der Waals surface area contributed by atoms with Crippen LogP contribution in [0.2, 0.25) is 0 Å². The summed E-state index contributed by atoms with van der Waals surface area (Å²) in [6, 6.07) is 3.58. The van der Waals surface area contributed by atoms with Crippen molar-refractivity contribution < 1.29 is 23.9 Å². The third kappa shape index (κ3) is 5.11. The molecule has 2 aliphatic rings. The van der Waals surface area contributed by atoms with E-state index in [0.717, 1.165) is 5.69 Å². The summed E-state index contributed by atoms with van der Waals surface area (Å²) in [5.74, 6) is -0.371. The standard InChI is InChI=1S/C19H26N4O5/c1-19(2,3)28-18(26)23-10-8-22(9-11-23)13-4-7-16(20-12-13)27-14-5-6-15(24)21-17(14)25/h4,7,12,14H,5-6,8-11H2,1-3H3,(H,21,24,25). The van der Waals surface area contributed by atoms with Crippen LogP contribution in [0.4, 0.5) is 10.5 Å². The minimum atomic E-state index is -0.701. The Bertz CT molecular complexity index is 736. The third-order valence-electron chi connectivity index (χ3n) is 4.47. The monoisotopic (exact) mass is 390 g/mol. The summed E-state index contributed by atoms with van der Waals surface area (Å²) in [4.78, 5) is 43.2. The van der Waals surface area contributed by atoms with E-state index in [4.69, 9.17) is 9.47 Å². The van der Waals surface area contributed by atoms with E-state index in [1.54, 1.807) is 17.2 Å². The summed E-state index contributed by atoms with van der Waals surface area (Å²) >= 11 is 0. The van der Waals surface area contributed by atoms with Gasteiger partial charge in [-0.15, -0.1) is 0 Å². The van der Waals surface area contributed by atoms with E-state index in [1.807, 2.05) is 26.8 Å². The zero-order chi connectivity index (χ0) is 20.3. The van der Waals surface area contributed by atoms with Crippen LogP contribution in [0.25, 0.3) is 0 Å². The zero-order valence-electron chi connectivity index (χ0n) is 16.4. The SMILES string of the molecule is CC(C)(C)OC(=O)N1CCN(c2ccc(OC3CCC(=O)NC3=O)nc2)CC1. The van der Waals surface area contributed by atoms with Crippen LogP contribution in [0.15, 0.2) is 18.3 Å². The number of hydrogen-bond acceptors (Lipinski definition) is 7. The first-order chi connectivity index (χ1) is 13.2. The minimum Gasteiger partial charge on any atom is -0.464 e. The van der Waals surface area contributed by atoms with Gasteiger partial charge in [0.2, 0.25) is 11.8 Å². The van der Waals surface area contributed by atoms with Gasteiger partial charge in [0, 0.05) is 45.1 Å². The Labute approximate surface area is 164 Å². The number of ether oxygens (including phenoxy) is 2. The molecule has 2 fully saturated rings. The lowest BCUT2D eigenvalue weighted by Crippen LogP contribution is -2.50. The second-order valence-corrected chi connectivity index (χ2v) is 7.87. The van der Waals surface area contributed by atoms with E-state index >= 15 is 0 Å². The van der Waals surface area contributed by atoms with Crippen LogP contribution in [0, 0.1) is 0 Å². The Morgan fingerprint density at radius 1 is 1.18 bits per heavy atom. The first kappa shape index (κ1) is 19.9. The molecule has 1 N–H and O–H groups in total. The largest absolute Gasteiger partial charge is 0.464 e. The van der Waals surface area contributed by atoms with Crippen molar-refractivity contribution in [3.05, 3.63) is 18.3 Å². The number of imide groups is 1. The number of aromatic nitrogens is 1. The number of nitrogens with one attached hydrogen (secondary N) is 1. The number of amides is 3. The summed E-state index contributed by atoms with van der Waals surface area (Å²) in [6.45, 7) is 8.05. The summed E-state index contributed by atoms with van der Waals surface area (Å²) in [5.41, 5.74) is 0.413. The van der Waals surface area contributed by atoms with Gasteiger partial charge < -0.3 is 19.3 Å². The van der Waals surface area contributed by atoms with Crippen LogP contribution in [0.1, 0.15) is 33.6 Å². The molecule has 0 aromatic carbocycles. The second kappa shape index (κ2) is 8.04. The van der Waals surface area contributed by atoms with Crippen LogP contribution in [-0.2, 0) is 14.3 Å². The van der Waals surface area contributed by atoms with Crippen molar-refractivity contribution in [2.75, 3.05) is 31.1 Å². The molecule has 2 aliphatic heterocycles. The fourth-order valence-electron chi connectivity index (χ4n) is 3.03. The van der Waals surface area contributed by atoms with Gasteiger partial charge >= 0.3 is 6.09 Å². The first-order valence-corrected chi connectivity index (χ1v) is 9.40. The molecule has 1 atom stereocenters. The molecule has 0 radical (unpaired) electrons. The van der Waals surface area contributed by atoms with Crippen molar-refractivity contribution in [1.82, 2.24) is 15.2 Å². The molecule has 3 amide bonds. The van der Waals surface area contributed by atoms with Gasteiger partial charge in [-0.3, -0.25) is 14.9 Å². The van der Waals surface area contributed by atoms with Crippen molar-refractivity contribution in [3.63, 3.8) is 0 Å². The summed E-state index contributed by atoms with van der Waals surface area (Å²) in [5, 5.41) is 2.26. The number of carbonyl (C=O) groups is 3. The Balaban J connectivity index is 1.51. The zero-order valence-corrected chi connectivity index (χ0v) is 16.4. The molecule has 0 bridgehead atoms. The maximum Gasteiger partial charge on any atom is 0.410 e. The van der Waals surface area contributed by atoms with E-state index in [1.165, 1.54) is 0 Å². The Morgan fingerprint density at radius 2 is 1.89 bits per heavy atom. The van der Waals surface area contributed by atoms with E-state index in [2.05, 4.69) is 15.2 Å². The molecule has 0 aliphatic carbocycles. The van der Waals surface area contributed by atoms with Crippen molar-refractivity contribution in [2.45, 2.75) is 45.3 Å². The van der Waals surface area contributed by atoms with Gasteiger partial charge in [0.1, 0.15) is 5.60 Å². The molecule has 3 heterocycles. The molecule has 2 saturated heterocycles. The lowest BCUT2D eigenvalue weighted by atomic mass is 10.1. The topological polar surface area (TPSA) is 101 Å². The fourth-order valence-corrected chi connectivity index (χ4v) is 3.03. The highest BCUT2D eigenvalue weighted by atomic mass is 16.6. The summed E-state index contributed by atoms with van der Waals surface area (Å²) < 4.78 is 11.0. The molecule has 9 heteroatoms.